The zero-order valence-electron chi connectivity index (χ0n) is 24.7. The van der Waals surface area contributed by atoms with E-state index in [0.29, 0.717) is 31.0 Å². The maximum absolute atomic E-state index is 13.5. The van der Waals surface area contributed by atoms with Gasteiger partial charge in [0, 0.05) is 23.9 Å². The van der Waals surface area contributed by atoms with Gasteiger partial charge in [-0.05, 0) is 57.0 Å². The van der Waals surface area contributed by atoms with Crippen LogP contribution in [0, 0.1) is 5.92 Å². The SMILES string of the molecule is COC(=O)C1C(C)=NC(C)=C(C(=O)OCCCCCCNCC(O)COc2ccccc2)C1c1cccc(C(F)(F)F)c1. The van der Waals surface area contributed by atoms with Crippen molar-refractivity contribution in [3.8, 4) is 5.75 Å². The number of hydrogen-bond acceptors (Lipinski definition) is 8. The van der Waals surface area contributed by atoms with E-state index in [9.17, 15) is 27.9 Å². The fraction of sp³-hybridized carbons (Fsp3) is 0.469. The van der Waals surface area contributed by atoms with Crippen molar-refractivity contribution in [1.82, 2.24) is 5.32 Å². The number of aliphatic hydroxyl groups is 1. The number of benzene rings is 2. The summed E-state index contributed by atoms with van der Waals surface area (Å²) in [6, 6.07) is 13.9. The minimum absolute atomic E-state index is 0.0410. The summed E-state index contributed by atoms with van der Waals surface area (Å²) in [6.07, 6.45) is -2.14. The highest BCUT2D eigenvalue weighted by molar-refractivity contribution is 6.07. The second-order valence-corrected chi connectivity index (χ2v) is 10.4. The fourth-order valence-corrected chi connectivity index (χ4v) is 4.99. The molecular weight excluding hydrogens is 565 g/mol. The number of carbonyl (C=O) groups is 2. The Morgan fingerprint density at radius 1 is 1.02 bits per heavy atom. The average molecular weight is 605 g/mol. The van der Waals surface area contributed by atoms with Gasteiger partial charge in [0.25, 0.3) is 0 Å². The molecule has 0 bridgehead atoms. The first kappa shape index (κ1) is 33.8. The third-order valence-electron chi connectivity index (χ3n) is 7.12. The van der Waals surface area contributed by atoms with E-state index in [1.54, 1.807) is 13.8 Å². The van der Waals surface area contributed by atoms with E-state index in [2.05, 4.69) is 10.3 Å². The third kappa shape index (κ3) is 9.93. The highest BCUT2D eigenvalue weighted by atomic mass is 19.4. The van der Waals surface area contributed by atoms with Crippen LogP contribution in [0.25, 0.3) is 0 Å². The smallest absolute Gasteiger partial charge is 0.416 e. The van der Waals surface area contributed by atoms with Crippen LogP contribution in [-0.2, 0) is 25.2 Å². The summed E-state index contributed by atoms with van der Waals surface area (Å²) in [5.41, 5.74) is -0.0707. The highest BCUT2D eigenvalue weighted by Crippen LogP contribution is 2.41. The molecule has 3 atom stereocenters. The molecule has 3 unspecified atom stereocenters. The van der Waals surface area contributed by atoms with Gasteiger partial charge in [-0.1, -0.05) is 49.2 Å². The molecule has 0 amide bonds. The Bertz CT molecular complexity index is 1280. The molecule has 0 aromatic heterocycles. The average Bonchev–Trinajstić information content (AvgIpc) is 2.98. The van der Waals surface area contributed by atoms with E-state index in [4.69, 9.17) is 14.2 Å². The fourth-order valence-electron chi connectivity index (χ4n) is 4.99. The molecule has 0 saturated carbocycles. The van der Waals surface area contributed by atoms with E-state index in [1.165, 1.54) is 19.2 Å². The Morgan fingerprint density at radius 2 is 1.74 bits per heavy atom. The van der Waals surface area contributed by atoms with Crippen molar-refractivity contribution < 1.29 is 42.1 Å². The molecule has 1 heterocycles. The molecule has 3 rings (SSSR count). The molecular formula is C32H39F3N2O6. The van der Waals surface area contributed by atoms with Crippen molar-refractivity contribution >= 4 is 17.7 Å². The molecule has 0 spiro atoms. The van der Waals surface area contributed by atoms with E-state index in [-0.39, 0.29) is 30.0 Å². The second-order valence-electron chi connectivity index (χ2n) is 10.4. The summed E-state index contributed by atoms with van der Waals surface area (Å²) >= 11 is 0. The number of alkyl halides is 3. The quantitative estimate of drug-likeness (QED) is 0.205. The van der Waals surface area contributed by atoms with Crippen LogP contribution in [0.2, 0.25) is 0 Å². The Hall–Kier alpha value is -3.70. The number of ether oxygens (including phenoxy) is 3. The predicted octanol–water partition coefficient (Wildman–Crippen LogP) is 5.46. The highest BCUT2D eigenvalue weighted by Gasteiger charge is 2.43. The Labute approximate surface area is 249 Å². The number of hydrogen-bond donors (Lipinski definition) is 2. The van der Waals surface area contributed by atoms with Gasteiger partial charge in [0.2, 0.25) is 0 Å². The summed E-state index contributed by atoms with van der Waals surface area (Å²) in [5.74, 6) is -2.84. The Balaban J connectivity index is 1.49. The van der Waals surface area contributed by atoms with Crippen molar-refractivity contribution in [3.05, 3.63) is 77.0 Å². The number of carbonyl (C=O) groups excluding carboxylic acids is 2. The van der Waals surface area contributed by atoms with Gasteiger partial charge < -0.3 is 24.6 Å². The summed E-state index contributed by atoms with van der Waals surface area (Å²) in [7, 11) is 1.18. The standard InChI is InChI=1S/C32H39F3N2O6/c1-21-27(30(39)41-3)29(23-12-11-13-24(18-23)32(33,34)35)28(22(2)37-21)31(40)42-17-10-5-4-9-16-36-19-25(38)20-43-26-14-7-6-8-15-26/h6-8,11-15,18,25,27,29,36,38H,4-5,9-10,16-17,19-20H2,1-3H3. The summed E-state index contributed by atoms with van der Waals surface area (Å²) in [6.45, 7) is 4.57. The molecule has 0 aliphatic carbocycles. The van der Waals surface area contributed by atoms with Crippen molar-refractivity contribution in [1.29, 1.82) is 0 Å². The molecule has 2 aromatic rings. The zero-order valence-corrected chi connectivity index (χ0v) is 24.7. The minimum Gasteiger partial charge on any atom is -0.491 e. The number of para-hydroxylation sites is 1. The molecule has 234 valence electrons. The summed E-state index contributed by atoms with van der Waals surface area (Å²) in [4.78, 5) is 30.3. The monoisotopic (exact) mass is 604 g/mol. The number of nitrogens with zero attached hydrogens (tertiary/aromatic N) is 1. The number of aliphatic hydroxyl groups excluding tert-OH is 1. The van der Waals surface area contributed by atoms with E-state index < -0.39 is 41.6 Å². The third-order valence-corrected chi connectivity index (χ3v) is 7.12. The zero-order chi connectivity index (χ0) is 31.4. The number of methoxy groups -OCH3 is 1. The molecule has 0 saturated heterocycles. The van der Waals surface area contributed by atoms with E-state index >= 15 is 0 Å². The number of esters is 2. The van der Waals surface area contributed by atoms with Crippen LogP contribution in [0.1, 0.15) is 56.6 Å². The molecule has 43 heavy (non-hydrogen) atoms. The first-order chi connectivity index (χ1) is 20.5. The molecule has 2 aromatic carbocycles. The van der Waals surface area contributed by atoms with Crippen LogP contribution in [0.15, 0.2) is 70.9 Å². The number of halogens is 3. The van der Waals surface area contributed by atoms with Crippen LogP contribution in [0.5, 0.6) is 5.75 Å². The number of rotatable bonds is 15. The van der Waals surface area contributed by atoms with Gasteiger partial charge in [-0.15, -0.1) is 0 Å². The molecule has 0 fully saturated rings. The maximum Gasteiger partial charge on any atom is 0.416 e. The molecule has 0 radical (unpaired) electrons. The van der Waals surface area contributed by atoms with Crippen molar-refractivity contribution in [2.24, 2.45) is 10.9 Å². The van der Waals surface area contributed by atoms with Gasteiger partial charge >= 0.3 is 18.1 Å². The first-order valence-electron chi connectivity index (χ1n) is 14.3. The van der Waals surface area contributed by atoms with Crippen LogP contribution in [-0.4, -0.2) is 62.3 Å². The van der Waals surface area contributed by atoms with Crippen LogP contribution in [0.3, 0.4) is 0 Å². The van der Waals surface area contributed by atoms with Crippen LogP contribution in [0.4, 0.5) is 13.2 Å². The number of nitrogens with one attached hydrogen (secondary N) is 1. The first-order valence-corrected chi connectivity index (χ1v) is 14.3. The molecule has 1 aliphatic heterocycles. The van der Waals surface area contributed by atoms with Gasteiger partial charge in [0.05, 0.1) is 24.9 Å². The van der Waals surface area contributed by atoms with Gasteiger partial charge in [-0.2, -0.15) is 13.2 Å². The van der Waals surface area contributed by atoms with Gasteiger partial charge in [-0.3, -0.25) is 9.79 Å². The summed E-state index contributed by atoms with van der Waals surface area (Å²) in [5, 5.41) is 13.2. The lowest BCUT2D eigenvalue weighted by atomic mass is 9.75. The lowest BCUT2D eigenvalue weighted by Crippen LogP contribution is -2.36. The van der Waals surface area contributed by atoms with Crippen molar-refractivity contribution in [2.75, 3.05) is 33.4 Å². The number of unbranched alkanes of at least 4 members (excludes halogenated alkanes) is 3. The largest absolute Gasteiger partial charge is 0.491 e. The van der Waals surface area contributed by atoms with E-state index in [1.807, 2.05) is 30.3 Å². The lowest BCUT2D eigenvalue weighted by Gasteiger charge is -2.31. The normalized spacial score (nSPS) is 17.7. The number of aliphatic imine (C=N–C) groups is 1. The minimum atomic E-state index is -4.60. The number of allylic oxidation sites excluding steroid dienone is 1. The lowest BCUT2D eigenvalue weighted by molar-refractivity contribution is -0.144. The Kier molecular flexibility index (Phi) is 12.8. The summed E-state index contributed by atoms with van der Waals surface area (Å²) < 4.78 is 56.4. The van der Waals surface area contributed by atoms with Crippen molar-refractivity contribution in [3.63, 3.8) is 0 Å². The van der Waals surface area contributed by atoms with Gasteiger partial charge in [-0.25, -0.2) is 4.79 Å². The van der Waals surface area contributed by atoms with Crippen LogP contribution < -0.4 is 10.1 Å². The maximum atomic E-state index is 13.5. The predicted molar refractivity (Wildman–Crippen MR) is 156 cm³/mol. The van der Waals surface area contributed by atoms with Crippen LogP contribution >= 0.6 is 0 Å². The van der Waals surface area contributed by atoms with E-state index in [0.717, 1.165) is 31.4 Å². The van der Waals surface area contributed by atoms with Gasteiger partial charge in [0.1, 0.15) is 24.4 Å². The second kappa shape index (κ2) is 16.2. The van der Waals surface area contributed by atoms with Crippen molar-refractivity contribution in [2.45, 2.75) is 57.7 Å². The molecule has 1 aliphatic rings. The van der Waals surface area contributed by atoms with Gasteiger partial charge in [0.15, 0.2) is 0 Å². The molecule has 2 N–H and O–H groups in total. The topological polar surface area (TPSA) is 106 Å². The molecule has 8 nitrogen and oxygen atoms in total. The Morgan fingerprint density at radius 3 is 2.44 bits per heavy atom. The molecule has 11 heteroatoms.